The topological polar surface area (TPSA) is 15.3 Å². The Bertz CT molecular complexity index is 227. The molecule has 18 heavy (non-hydrogen) atoms. The molecule has 1 rings (SSSR count). The SMILES string of the molecule is CC(C)CNCC(C)C(C)N1CCC(C)C(C)C1. The highest BCUT2D eigenvalue weighted by Crippen LogP contribution is 2.25. The van der Waals surface area contributed by atoms with Crippen molar-refractivity contribution in [1.82, 2.24) is 10.2 Å². The van der Waals surface area contributed by atoms with Crippen molar-refractivity contribution in [1.29, 1.82) is 0 Å². The lowest BCUT2D eigenvalue weighted by Crippen LogP contribution is -2.47. The summed E-state index contributed by atoms with van der Waals surface area (Å²) in [5, 5.41) is 3.60. The standard InChI is InChI=1S/C16H34N2/c1-12(2)9-17-10-14(4)16(6)18-8-7-13(3)15(5)11-18/h12-17H,7-11H2,1-6H3. The van der Waals surface area contributed by atoms with Crippen LogP contribution in [-0.4, -0.2) is 37.1 Å². The Labute approximate surface area is 115 Å². The fourth-order valence-electron chi connectivity index (χ4n) is 2.80. The van der Waals surface area contributed by atoms with E-state index in [-0.39, 0.29) is 0 Å². The second-order valence-electron chi connectivity index (χ2n) is 7.01. The Morgan fingerprint density at radius 3 is 2.28 bits per heavy atom. The summed E-state index contributed by atoms with van der Waals surface area (Å²) in [6.45, 7) is 19.0. The van der Waals surface area contributed by atoms with Crippen LogP contribution in [0.3, 0.4) is 0 Å². The molecule has 4 atom stereocenters. The van der Waals surface area contributed by atoms with Crippen molar-refractivity contribution in [3.63, 3.8) is 0 Å². The average molecular weight is 254 g/mol. The van der Waals surface area contributed by atoms with Gasteiger partial charge in [0.1, 0.15) is 0 Å². The van der Waals surface area contributed by atoms with Crippen LogP contribution in [0.1, 0.15) is 48.0 Å². The van der Waals surface area contributed by atoms with Gasteiger partial charge in [0.25, 0.3) is 0 Å². The Kier molecular flexibility index (Phi) is 6.65. The first-order valence-corrected chi connectivity index (χ1v) is 7.86. The molecule has 2 heteroatoms. The number of hydrogen-bond donors (Lipinski definition) is 1. The molecule has 0 radical (unpaired) electrons. The maximum atomic E-state index is 3.60. The van der Waals surface area contributed by atoms with Crippen LogP contribution in [0.2, 0.25) is 0 Å². The van der Waals surface area contributed by atoms with Crippen LogP contribution in [0, 0.1) is 23.7 Å². The molecule has 0 saturated carbocycles. The quantitative estimate of drug-likeness (QED) is 0.783. The highest BCUT2D eigenvalue weighted by atomic mass is 15.2. The van der Waals surface area contributed by atoms with Crippen LogP contribution in [0.5, 0.6) is 0 Å². The molecule has 0 aromatic heterocycles. The molecule has 0 aromatic rings. The van der Waals surface area contributed by atoms with Crippen molar-refractivity contribution >= 4 is 0 Å². The van der Waals surface area contributed by atoms with E-state index >= 15 is 0 Å². The molecular formula is C16H34N2. The Balaban J connectivity index is 2.32. The zero-order chi connectivity index (χ0) is 13.7. The molecule has 2 nitrogen and oxygen atoms in total. The van der Waals surface area contributed by atoms with E-state index in [0.717, 1.165) is 36.8 Å². The fraction of sp³-hybridized carbons (Fsp3) is 1.00. The highest BCUT2D eigenvalue weighted by Gasteiger charge is 2.27. The minimum atomic E-state index is 0.708. The van der Waals surface area contributed by atoms with Gasteiger partial charge in [0.2, 0.25) is 0 Å². The third-order valence-electron chi connectivity index (χ3n) is 4.78. The maximum Gasteiger partial charge on any atom is 0.0105 e. The molecule has 0 spiro atoms. The monoisotopic (exact) mass is 254 g/mol. The molecular weight excluding hydrogens is 220 g/mol. The van der Waals surface area contributed by atoms with E-state index in [2.05, 4.69) is 51.8 Å². The van der Waals surface area contributed by atoms with Gasteiger partial charge in [-0.05, 0) is 56.7 Å². The van der Waals surface area contributed by atoms with E-state index < -0.39 is 0 Å². The lowest BCUT2D eigenvalue weighted by atomic mass is 9.87. The van der Waals surface area contributed by atoms with Crippen molar-refractivity contribution in [2.75, 3.05) is 26.2 Å². The zero-order valence-electron chi connectivity index (χ0n) is 13.4. The summed E-state index contributed by atoms with van der Waals surface area (Å²) in [5.74, 6) is 3.26. The summed E-state index contributed by atoms with van der Waals surface area (Å²) in [6, 6.07) is 0.708. The van der Waals surface area contributed by atoms with Gasteiger partial charge >= 0.3 is 0 Å². The lowest BCUT2D eigenvalue weighted by molar-refractivity contribution is 0.0781. The van der Waals surface area contributed by atoms with Crippen LogP contribution in [0.25, 0.3) is 0 Å². The van der Waals surface area contributed by atoms with Gasteiger partial charge in [-0.25, -0.2) is 0 Å². The summed E-state index contributed by atoms with van der Waals surface area (Å²) in [7, 11) is 0. The molecule has 1 saturated heterocycles. The van der Waals surface area contributed by atoms with Crippen LogP contribution in [-0.2, 0) is 0 Å². The van der Waals surface area contributed by atoms with Crippen molar-refractivity contribution in [3.05, 3.63) is 0 Å². The number of likely N-dealkylation sites (tertiary alicyclic amines) is 1. The Hall–Kier alpha value is -0.0800. The number of piperidine rings is 1. The summed E-state index contributed by atoms with van der Waals surface area (Å²) in [6.07, 6.45) is 1.37. The average Bonchev–Trinajstić information content (AvgIpc) is 2.31. The smallest absolute Gasteiger partial charge is 0.0105 e. The molecule has 108 valence electrons. The minimum absolute atomic E-state index is 0.708. The number of hydrogen-bond acceptors (Lipinski definition) is 2. The van der Waals surface area contributed by atoms with Gasteiger partial charge in [0, 0.05) is 12.6 Å². The first-order chi connectivity index (χ1) is 8.41. The van der Waals surface area contributed by atoms with Gasteiger partial charge in [-0.1, -0.05) is 34.6 Å². The molecule has 1 aliphatic heterocycles. The molecule has 0 aliphatic carbocycles. The molecule has 1 fully saturated rings. The number of nitrogens with zero attached hydrogens (tertiary/aromatic N) is 1. The summed E-state index contributed by atoms with van der Waals surface area (Å²) in [5.41, 5.74) is 0. The van der Waals surface area contributed by atoms with Crippen molar-refractivity contribution in [2.24, 2.45) is 23.7 Å². The largest absolute Gasteiger partial charge is 0.316 e. The number of rotatable bonds is 6. The van der Waals surface area contributed by atoms with E-state index in [9.17, 15) is 0 Å². The van der Waals surface area contributed by atoms with E-state index in [1.807, 2.05) is 0 Å². The molecule has 1 N–H and O–H groups in total. The first-order valence-electron chi connectivity index (χ1n) is 7.86. The van der Waals surface area contributed by atoms with Crippen LogP contribution >= 0.6 is 0 Å². The second-order valence-corrected chi connectivity index (χ2v) is 7.01. The molecule has 0 bridgehead atoms. The third-order valence-corrected chi connectivity index (χ3v) is 4.78. The van der Waals surface area contributed by atoms with Crippen LogP contribution in [0.4, 0.5) is 0 Å². The van der Waals surface area contributed by atoms with E-state index in [1.54, 1.807) is 0 Å². The number of nitrogens with one attached hydrogen (secondary N) is 1. The maximum absolute atomic E-state index is 3.60. The molecule has 4 unspecified atom stereocenters. The van der Waals surface area contributed by atoms with Crippen molar-refractivity contribution in [3.8, 4) is 0 Å². The van der Waals surface area contributed by atoms with Gasteiger partial charge in [-0.2, -0.15) is 0 Å². The van der Waals surface area contributed by atoms with Gasteiger partial charge in [-0.15, -0.1) is 0 Å². The fourth-order valence-corrected chi connectivity index (χ4v) is 2.80. The molecule has 0 aromatic carbocycles. The van der Waals surface area contributed by atoms with Gasteiger partial charge < -0.3 is 10.2 Å². The van der Waals surface area contributed by atoms with Gasteiger partial charge in [-0.3, -0.25) is 0 Å². The second kappa shape index (κ2) is 7.49. The highest BCUT2D eigenvalue weighted by molar-refractivity contribution is 4.81. The predicted molar refractivity (Wildman–Crippen MR) is 80.9 cm³/mol. The van der Waals surface area contributed by atoms with Gasteiger partial charge in [0.05, 0.1) is 0 Å². The first kappa shape index (κ1) is 16.0. The normalized spacial score (nSPS) is 29.5. The van der Waals surface area contributed by atoms with E-state index in [4.69, 9.17) is 0 Å². The van der Waals surface area contributed by atoms with Crippen LogP contribution in [0.15, 0.2) is 0 Å². The van der Waals surface area contributed by atoms with Crippen molar-refractivity contribution in [2.45, 2.75) is 54.0 Å². The Morgan fingerprint density at radius 2 is 1.72 bits per heavy atom. The van der Waals surface area contributed by atoms with Crippen LogP contribution < -0.4 is 5.32 Å². The molecule has 1 aliphatic rings. The minimum Gasteiger partial charge on any atom is -0.316 e. The van der Waals surface area contributed by atoms with E-state index in [1.165, 1.54) is 19.5 Å². The third kappa shape index (κ3) is 4.89. The zero-order valence-corrected chi connectivity index (χ0v) is 13.4. The molecule has 0 amide bonds. The molecule has 1 heterocycles. The predicted octanol–water partition coefficient (Wildman–Crippen LogP) is 3.23. The summed E-state index contributed by atoms with van der Waals surface area (Å²) in [4.78, 5) is 2.70. The van der Waals surface area contributed by atoms with Crippen molar-refractivity contribution < 1.29 is 0 Å². The summed E-state index contributed by atoms with van der Waals surface area (Å²) >= 11 is 0. The lowest BCUT2D eigenvalue weighted by Gasteiger charge is -2.41. The van der Waals surface area contributed by atoms with Gasteiger partial charge in [0.15, 0.2) is 0 Å². The summed E-state index contributed by atoms with van der Waals surface area (Å²) < 4.78 is 0. The Morgan fingerprint density at radius 1 is 1.06 bits per heavy atom. The van der Waals surface area contributed by atoms with E-state index in [0.29, 0.717) is 6.04 Å².